The fourth-order valence-corrected chi connectivity index (χ4v) is 2.23. The summed E-state index contributed by atoms with van der Waals surface area (Å²) in [6.45, 7) is 5.50. The Morgan fingerprint density at radius 1 is 1.00 bits per heavy atom. The predicted molar refractivity (Wildman–Crippen MR) is 103 cm³/mol. The molecule has 0 aliphatic rings. The van der Waals surface area contributed by atoms with Gasteiger partial charge in [0.2, 0.25) is 0 Å². The first-order valence-corrected chi connectivity index (χ1v) is 8.63. The summed E-state index contributed by atoms with van der Waals surface area (Å²) >= 11 is 5.83. The van der Waals surface area contributed by atoms with Gasteiger partial charge in [-0.25, -0.2) is 0 Å². The highest BCUT2D eigenvalue weighted by Gasteiger charge is 2.30. The van der Waals surface area contributed by atoms with Crippen molar-refractivity contribution < 1.29 is 14.4 Å². The van der Waals surface area contributed by atoms with Gasteiger partial charge in [-0.1, -0.05) is 32.4 Å². The minimum atomic E-state index is -0.866. The Bertz CT molecular complexity index is 817. The van der Waals surface area contributed by atoms with Crippen LogP contribution in [0.1, 0.15) is 31.1 Å². The molecule has 0 fully saturated rings. The second-order valence-electron chi connectivity index (χ2n) is 6.95. The van der Waals surface area contributed by atoms with Crippen molar-refractivity contribution in [1.29, 1.82) is 0 Å². The second-order valence-corrected chi connectivity index (χ2v) is 7.39. The van der Waals surface area contributed by atoms with Crippen molar-refractivity contribution in [2.75, 3.05) is 5.32 Å². The largest absolute Gasteiger partial charge is 0.331 e. The van der Waals surface area contributed by atoms with E-state index in [9.17, 15) is 14.4 Å². The van der Waals surface area contributed by atoms with Gasteiger partial charge in [0.15, 0.2) is 0 Å². The van der Waals surface area contributed by atoms with Gasteiger partial charge in [0, 0.05) is 22.2 Å². The number of aromatic nitrogens is 1. The maximum atomic E-state index is 12.4. The zero-order valence-electron chi connectivity index (χ0n) is 15.2. The van der Waals surface area contributed by atoms with E-state index in [0.29, 0.717) is 16.3 Å². The molecule has 1 heterocycles. The van der Waals surface area contributed by atoms with E-state index in [1.807, 2.05) is 20.8 Å². The van der Waals surface area contributed by atoms with Crippen LogP contribution in [0.4, 0.5) is 5.69 Å². The number of halogens is 1. The molecule has 142 valence electrons. The summed E-state index contributed by atoms with van der Waals surface area (Å²) in [6.07, 6.45) is 2.21. The van der Waals surface area contributed by atoms with Gasteiger partial charge in [0.05, 0.1) is 11.9 Å². The molecule has 2 aromatic rings. The molecule has 0 radical (unpaired) electrons. The number of rotatable bonds is 4. The van der Waals surface area contributed by atoms with E-state index in [4.69, 9.17) is 11.6 Å². The highest BCUT2D eigenvalue weighted by atomic mass is 35.5. The summed E-state index contributed by atoms with van der Waals surface area (Å²) in [5, 5.41) is 8.26. The number of amides is 3. The van der Waals surface area contributed by atoms with E-state index < -0.39 is 23.4 Å². The molecule has 0 aliphatic carbocycles. The Morgan fingerprint density at radius 3 is 2.22 bits per heavy atom. The Labute approximate surface area is 162 Å². The summed E-state index contributed by atoms with van der Waals surface area (Å²) in [6, 6.07) is 9.60. The maximum Gasteiger partial charge on any atom is 0.313 e. The lowest BCUT2D eigenvalue weighted by atomic mass is 9.91. The molecular formula is C19H21ClN4O3. The molecule has 7 nitrogen and oxygen atoms in total. The number of nitrogens with zero attached hydrogens (tertiary/aromatic N) is 1. The van der Waals surface area contributed by atoms with Crippen molar-refractivity contribution in [3.8, 4) is 0 Å². The lowest BCUT2D eigenvalue weighted by Gasteiger charge is -2.32. The van der Waals surface area contributed by atoms with Crippen LogP contribution in [0.5, 0.6) is 0 Å². The van der Waals surface area contributed by atoms with E-state index in [1.54, 1.807) is 42.6 Å². The topological polar surface area (TPSA) is 100 Å². The van der Waals surface area contributed by atoms with Crippen molar-refractivity contribution in [3.05, 3.63) is 59.4 Å². The Hall–Kier alpha value is -2.93. The molecule has 8 heteroatoms. The molecule has 0 spiro atoms. The standard InChI is InChI=1S/C19H21ClN4O3/c1-19(2,3)18(23-15(25)12-6-8-13(20)9-7-12)24-17(27)16(26)22-14-5-4-10-21-11-14/h4-11,18H,1-3H3,(H,22,26)(H,23,25)(H,24,27). The average Bonchev–Trinajstić information content (AvgIpc) is 2.61. The van der Waals surface area contributed by atoms with Crippen molar-refractivity contribution >= 4 is 35.0 Å². The van der Waals surface area contributed by atoms with Crippen LogP contribution in [0.3, 0.4) is 0 Å². The third kappa shape index (κ3) is 6.07. The number of hydrogen-bond donors (Lipinski definition) is 3. The molecule has 1 atom stereocenters. The number of nitrogens with one attached hydrogen (secondary N) is 3. The number of carbonyl (C=O) groups excluding carboxylic acids is 3. The highest BCUT2D eigenvalue weighted by Crippen LogP contribution is 2.18. The van der Waals surface area contributed by atoms with Gasteiger partial charge in [-0.15, -0.1) is 0 Å². The van der Waals surface area contributed by atoms with Gasteiger partial charge >= 0.3 is 11.8 Å². The zero-order valence-corrected chi connectivity index (χ0v) is 16.0. The fraction of sp³-hybridized carbons (Fsp3) is 0.263. The SMILES string of the molecule is CC(C)(C)C(NC(=O)C(=O)Nc1cccnc1)NC(=O)c1ccc(Cl)cc1. The van der Waals surface area contributed by atoms with Crippen LogP contribution < -0.4 is 16.0 Å². The van der Waals surface area contributed by atoms with Crippen LogP contribution in [0.25, 0.3) is 0 Å². The van der Waals surface area contributed by atoms with E-state index >= 15 is 0 Å². The zero-order chi connectivity index (χ0) is 20.0. The van der Waals surface area contributed by atoms with Crippen LogP contribution in [-0.4, -0.2) is 28.9 Å². The molecule has 2 rings (SSSR count). The van der Waals surface area contributed by atoms with E-state index in [2.05, 4.69) is 20.9 Å². The van der Waals surface area contributed by atoms with E-state index in [-0.39, 0.29) is 5.91 Å². The second kappa shape index (κ2) is 8.64. The summed E-state index contributed by atoms with van der Waals surface area (Å²) in [5.41, 5.74) is 0.254. The Kier molecular flexibility index (Phi) is 6.52. The summed E-state index contributed by atoms with van der Waals surface area (Å²) < 4.78 is 0. The molecule has 3 N–H and O–H groups in total. The Balaban J connectivity index is 2.05. The summed E-state index contributed by atoms with van der Waals surface area (Å²) in [5.74, 6) is -2.10. The van der Waals surface area contributed by atoms with E-state index in [1.165, 1.54) is 6.20 Å². The van der Waals surface area contributed by atoms with Crippen LogP contribution >= 0.6 is 11.6 Å². The normalized spacial score (nSPS) is 12.0. The minimum Gasteiger partial charge on any atom is -0.331 e. The molecular weight excluding hydrogens is 368 g/mol. The average molecular weight is 389 g/mol. The van der Waals surface area contributed by atoms with E-state index in [0.717, 1.165) is 0 Å². The smallest absolute Gasteiger partial charge is 0.313 e. The molecule has 1 aromatic heterocycles. The van der Waals surface area contributed by atoms with Gasteiger partial charge in [0.1, 0.15) is 6.17 Å². The number of anilines is 1. The molecule has 1 unspecified atom stereocenters. The van der Waals surface area contributed by atoms with Crippen molar-refractivity contribution in [2.45, 2.75) is 26.9 Å². The molecule has 0 aliphatic heterocycles. The molecule has 0 saturated carbocycles. The molecule has 0 bridgehead atoms. The van der Waals surface area contributed by atoms with Crippen LogP contribution in [-0.2, 0) is 9.59 Å². The van der Waals surface area contributed by atoms with Crippen molar-refractivity contribution in [2.24, 2.45) is 5.41 Å². The highest BCUT2D eigenvalue weighted by molar-refractivity contribution is 6.39. The van der Waals surface area contributed by atoms with Gasteiger partial charge in [-0.05, 0) is 36.4 Å². The summed E-state index contributed by atoms with van der Waals surface area (Å²) in [7, 11) is 0. The molecule has 3 amide bonds. The van der Waals surface area contributed by atoms with Gasteiger partial charge in [-0.3, -0.25) is 19.4 Å². The number of carbonyl (C=O) groups is 3. The first kappa shape index (κ1) is 20.4. The molecule has 1 aromatic carbocycles. The van der Waals surface area contributed by atoms with Crippen LogP contribution in [0.2, 0.25) is 5.02 Å². The molecule has 0 saturated heterocycles. The van der Waals surface area contributed by atoms with Crippen LogP contribution in [0, 0.1) is 5.41 Å². The minimum absolute atomic E-state index is 0.389. The summed E-state index contributed by atoms with van der Waals surface area (Å²) in [4.78, 5) is 40.6. The molecule has 27 heavy (non-hydrogen) atoms. The van der Waals surface area contributed by atoms with Crippen molar-refractivity contribution in [1.82, 2.24) is 15.6 Å². The number of benzene rings is 1. The third-order valence-electron chi connectivity index (χ3n) is 3.65. The monoisotopic (exact) mass is 388 g/mol. The lowest BCUT2D eigenvalue weighted by molar-refractivity contribution is -0.137. The van der Waals surface area contributed by atoms with Gasteiger partial charge in [-0.2, -0.15) is 0 Å². The quantitative estimate of drug-likeness (QED) is 0.553. The van der Waals surface area contributed by atoms with Gasteiger partial charge in [0.25, 0.3) is 5.91 Å². The van der Waals surface area contributed by atoms with Crippen LogP contribution in [0.15, 0.2) is 48.8 Å². The first-order valence-electron chi connectivity index (χ1n) is 8.25. The number of pyridine rings is 1. The lowest BCUT2D eigenvalue weighted by Crippen LogP contribution is -2.57. The van der Waals surface area contributed by atoms with Gasteiger partial charge < -0.3 is 16.0 Å². The maximum absolute atomic E-state index is 12.4. The Morgan fingerprint density at radius 2 is 1.67 bits per heavy atom. The number of hydrogen-bond acceptors (Lipinski definition) is 4. The predicted octanol–water partition coefficient (Wildman–Crippen LogP) is 2.59. The first-order chi connectivity index (χ1) is 12.7. The third-order valence-corrected chi connectivity index (χ3v) is 3.90. The van der Waals surface area contributed by atoms with Crippen molar-refractivity contribution in [3.63, 3.8) is 0 Å². The fourth-order valence-electron chi connectivity index (χ4n) is 2.11.